The van der Waals surface area contributed by atoms with Crippen LogP contribution in [-0.4, -0.2) is 27.8 Å². The van der Waals surface area contributed by atoms with E-state index in [4.69, 9.17) is 4.74 Å². The number of fused-ring (bicyclic) bond motifs is 1. The van der Waals surface area contributed by atoms with Crippen LogP contribution in [0, 0.1) is 5.82 Å². The summed E-state index contributed by atoms with van der Waals surface area (Å²) in [7, 11) is 1.47. The van der Waals surface area contributed by atoms with Gasteiger partial charge in [0.05, 0.1) is 7.11 Å². The maximum atomic E-state index is 14.0. The Morgan fingerprint density at radius 2 is 2.21 bits per heavy atom. The van der Waals surface area contributed by atoms with E-state index in [-0.39, 0.29) is 0 Å². The number of nitrogens with one attached hydrogen (secondary N) is 1. The summed E-state index contributed by atoms with van der Waals surface area (Å²) in [6, 6.07) is 8.75. The van der Waals surface area contributed by atoms with Crippen LogP contribution in [0.1, 0.15) is 11.6 Å². The van der Waals surface area contributed by atoms with Crippen molar-refractivity contribution >= 4 is 49.2 Å². The monoisotopic (exact) mass is 460 g/mol. The molecule has 0 spiro atoms. The van der Waals surface area contributed by atoms with E-state index < -0.39 is 17.8 Å². The van der Waals surface area contributed by atoms with Gasteiger partial charge in [-0.05, 0) is 40.2 Å². The Hall–Kier alpha value is -2.78. The van der Waals surface area contributed by atoms with Crippen molar-refractivity contribution in [2.24, 2.45) is 0 Å². The largest absolute Gasteiger partial charge is 0.496 e. The number of anilines is 1. The molecule has 9 heteroatoms. The number of halogens is 2. The lowest BCUT2D eigenvalue weighted by molar-refractivity contribution is -0.118. The molecule has 1 unspecified atom stereocenters. The van der Waals surface area contributed by atoms with Gasteiger partial charge in [0.25, 0.3) is 5.91 Å². The third-order valence-corrected chi connectivity index (χ3v) is 5.49. The summed E-state index contributed by atoms with van der Waals surface area (Å²) < 4.78 is 21.7. The van der Waals surface area contributed by atoms with E-state index in [9.17, 15) is 9.18 Å². The molecule has 0 aliphatic rings. The van der Waals surface area contributed by atoms with Gasteiger partial charge in [-0.3, -0.25) is 14.8 Å². The minimum absolute atomic E-state index is 0.362. The van der Waals surface area contributed by atoms with Crippen molar-refractivity contribution in [3.63, 3.8) is 0 Å². The Morgan fingerprint density at radius 1 is 1.36 bits per heavy atom. The number of carbonyl (C=O) groups is 1. The molecule has 0 bridgehead atoms. The van der Waals surface area contributed by atoms with Gasteiger partial charge in [-0.2, -0.15) is 5.10 Å². The highest BCUT2D eigenvalue weighted by molar-refractivity contribution is 9.10. The number of rotatable bonds is 5. The molecule has 2 heterocycles. The quantitative estimate of drug-likeness (QED) is 0.471. The molecule has 1 N–H and O–H groups in total. The third kappa shape index (κ3) is 3.50. The first-order valence-electron chi connectivity index (χ1n) is 8.24. The molecule has 28 heavy (non-hydrogen) atoms. The average Bonchev–Trinajstić information content (AvgIpc) is 3.32. The van der Waals surface area contributed by atoms with E-state index in [2.05, 4.69) is 31.3 Å². The maximum absolute atomic E-state index is 14.0. The predicted octanol–water partition coefficient (Wildman–Crippen LogP) is 4.63. The van der Waals surface area contributed by atoms with Gasteiger partial charge < -0.3 is 4.74 Å². The van der Waals surface area contributed by atoms with Crippen LogP contribution in [0.3, 0.4) is 0 Å². The van der Waals surface area contributed by atoms with E-state index in [1.807, 2.05) is 18.2 Å². The number of thiazole rings is 1. The van der Waals surface area contributed by atoms with Crippen LogP contribution in [0.15, 0.2) is 58.6 Å². The molecule has 0 aliphatic carbocycles. The second kappa shape index (κ2) is 7.69. The molecule has 0 saturated heterocycles. The first kappa shape index (κ1) is 18.6. The van der Waals surface area contributed by atoms with Crippen molar-refractivity contribution in [1.29, 1.82) is 0 Å². The lowest BCUT2D eigenvalue weighted by Crippen LogP contribution is -2.28. The van der Waals surface area contributed by atoms with Crippen molar-refractivity contribution in [1.82, 2.24) is 14.8 Å². The molecule has 4 rings (SSSR count). The zero-order valence-corrected chi connectivity index (χ0v) is 17.0. The van der Waals surface area contributed by atoms with E-state index in [0.29, 0.717) is 22.0 Å². The number of hydrogen-bond acceptors (Lipinski definition) is 5. The lowest BCUT2D eigenvalue weighted by atomic mass is 10.0. The molecule has 0 saturated carbocycles. The van der Waals surface area contributed by atoms with Crippen LogP contribution in [0.2, 0.25) is 0 Å². The van der Waals surface area contributed by atoms with Crippen LogP contribution >= 0.6 is 27.3 Å². The normalized spacial score (nSPS) is 12.1. The number of carbonyl (C=O) groups excluding carboxylic acids is 1. The minimum atomic E-state index is -0.950. The van der Waals surface area contributed by atoms with Crippen LogP contribution in [0.25, 0.3) is 10.9 Å². The molecule has 2 aromatic carbocycles. The molecule has 142 valence electrons. The molecule has 4 aromatic rings. The standard InChI is InChI=1S/C19H14BrFN4O2S/c1-27-15-6-5-12(21)9-13(15)17(18(26)23-19-22-7-8-28-19)25-10-11-3-2-4-14(20)16(11)24-25/h2-10,17H,1H3,(H,22,23,26). The van der Waals surface area contributed by atoms with Gasteiger partial charge in [0.2, 0.25) is 0 Å². The topological polar surface area (TPSA) is 69.0 Å². The highest BCUT2D eigenvalue weighted by atomic mass is 79.9. The Labute approximate surface area is 172 Å². The molecule has 0 aliphatic heterocycles. The lowest BCUT2D eigenvalue weighted by Gasteiger charge is -2.19. The first-order valence-corrected chi connectivity index (χ1v) is 9.91. The number of amides is 1. The van der Waals surface area contributed by atoms with Crippen LogP contribution < -0.4 is 10.1 Å². The summed E-state index contributed by atoms with van der Waals surface area (Å²) in [5, 5.41) is 10.4. The van der Waals surface area contributed by atoms with Crippen molar-refractivity contribution in [3.8, 4) is 5.75 Å². The molecule has 0 fully saturated rings. The van der Waals surface area contributed by atoms with Gasteiger partial charge in [0, 0.05) is 33.2 Å². The van der Waals surface area contributed by atoms with Crippen molar-refractivity contribution < 1.29 is 13.9 Å². The zero-order chi connectivity index (χ0) is 19.7. The molecule has 2 aromatic heterocycles. The van der Waals surface area contributed by atoms with Gasteiger partial charge in [-0.1, -0.05) is 12.1 Å². The minimum Gasteiger partial charge on any atom is -0.496 e. The van der Waals surface area contributed by atoms with Gasteiger partial charge in [0.1, 0.15) is 17.1 Å². The number of hydrogen-bond donors (Lipinski definition) is 1. The Kier molecular flexibility index (Phi) is 5.10. The van der Waals surface area contributed by atoms with Crippen molar-refractivity contribution in [2.75, 3.05) is 12.4 Å². The second-order valence-corrected chi connectivity index (χ2v) is 7.65. The number of aromatic nitrogens is 3. The predicted molar refractivity (Wildman–Crippen MR) is 109 cm³/mol. The summed E-state index contributed by atoms with van der Waals surface area (Å²) in [5.74, 6) is -0.483. The van der Waals surface area contributed by atoms with Gasteiger partial charge in [0.15, 0.2) is 11.2 Å². The molecular weight excluding hydrogens is 447 g/mol. The van der Waals surface area contributed by atoms with E-state index in [1.54, 1.807) is 17.8 Å². The number of methoxy groups -OCH3 is 1. The Balaban J connectivity index is 1.86. The fraction of sp³-hybridized carbons (Fsp3) is 0.105. The second-order valence-electron chi connectivity index (χ2n) is 5.90. The SMILES string of the molecule is COc1ccc(F)cc1C(C(=O)Nc1nccs1)n1cc2cccc(Br)c2n1. The third-order valence-electron chi connectivity index (χ3n) is 4.17. The van der Waals surface area contributed by atoms with Crippen molar-refractivity contribution in [3.05, 3.63) is 70.0 Å². The van der Waals surface area contributed by atoms with Gasteiger partial charge >= 0.3 is 0 Å². The number of benzene rings is 2. The summed E-state index contributed by atoms with van der Waals surface area (Å²) >= 11 is 4.77. The summed E-state index contributed by atoms with van der Waals surface area (Å²) in [6.45, 7) is 0. The highest BCUT2D eigenvalue weighted by Gasteiger charge is 2.28. The molecular formula is C19H14BrFN4O2S. The zero-order valence-electron chi connectivity index (χ0n) is 14.6. The molecule has 0 radical (unpaired) electrons. The number of ether oxygens (including phenoxy) is 1. The molecule has 6 nitrogen and oxygen atoms in total. The van der Waals surface area contributed by atoms with E-state index >= 15 is 0 Å². The number of nitrogens with zero attached hydrogens (tertiary/aromatic N) is 3. The Morgan fingerprint density at radius 3 is 2.93 bits per heavy atom. The molecule has 1 amide bonds. The summed E-state index contributed by atoms with van der Waals surface area (Å²) in [6.07, 6.45) is 3.34. The smallest absolute Gasteiger partial charge is 0.255 e. The average molecular weight is 461 g/mol. The fourth-order valence-electron chi connectivity index (χ4n) is 2.94. The maximum Gasteiger partial charge on any atom is 0.255 e. The van der Waals surface area contributed by atoms with Crippen LogP contribution in [0.4, 0.5) is 9.52 Å². The van der Waals surface area contributed by atoms with Crippen molar-refractivity contribution in [2.45, 2.75) is 6.04 Å². The van der Waals surface area contributed by atoms with Crippen LogP contribution in [-0.2, 0) is 4.79 Å². The van der Waals surface area contributed by atoms with E-state index in [0.717, 1.165) is 9.86 Å². The fourth-order valence-corrected chi connectivity index (χ4v) is 3.94. The van der Waals surface area contributed by atoms with Gasteiger partial charge in [-0.25, -0.2) is 9.37 Å². The van der Waals surface area contributed by atoms with Crippen LogP contribution in [0.5, 0.6) is 5.75 Å². The highest BCUT2D eigenvalue weighted by Crippen LogP contribution is 2.32. The van der Waals surface area contributed by atoms with Gasteiger partial charge in [-0.15, -0.1) is 11.3 Å². The van der Waals surface area contributed by atoms with E-state index in [1.165, 1.54) is 41.3 Å². The Bertz CT molecular complexity index is 1150. The first-order chi connectivity index (χ1) is 13.6. The molecule has 1 atom stereocenters. The summed E-state index contributed by atoms with van der Waals surface area (Å²) in [4.78, 5) is 17.2. The summed E-state index contributed by atoms with van der Waals surface area (Å²) in [5.41, 5.74) is 1.06.